The number of carbonyl (C=O) groups excluding carboxylic acids is 1. The Labute approximate surface area is 143 Å². The highest BCUT2D eigenvalue weighted by Crippen LogP contribution is 2.25. The summed E-state index contributed by atoms with van der Waals surface area (Å²) in [6.45, 7) is 1.78. The van der Waals surface area contributed by atoms with Crippen molar-refractivity contribution >= 4 is 23.4 Å². The number of nitrogens with one attached hydrogen (secondary N) is 1. The lowest BCUT2D eigenvalue weighted by molar-refractivity contribution is -0.385. The molecule has 0 saturated carbocycles. The fourth-order valence-corrected chi connectivity index (χ4v) is 2.63. The van der Waals surface area contributed by atoms with Crippen molar-refractivity contribution < 1.29 is 9.72 Å². The predicted molar refractivity (Wildman–Crippen MR) is 91.9 cm³/mol. The molecule has 1 N–H and O–H groups in total. The Kier molecular flexibility index (Phi) is 5.55. The van der Waals surface area contributed by atoms with Crippen LogP contribution in [-0.4, -0.2) is 17.1 Å². The van der Waals surface area contributed by atoms with Crippen LogP contribution in [0.15, 0.2) is 47.4 Å². The van der Waals surface area contributed by atoms with E-state index in [0.717, 1.165) is 10.5 Å². The quantitative estimate of drug-likeness (QED) is 0.508. The van der Waals surface area contributed by atoms with Gasteiger partial charge >= 0.3 is 0 Å². The molecule has 2 aromatic carbocycles. The molecule has 0 aliphatic heterocycles. The normalized spacial score (nSPS) is 11.4. The number of hydrogen-bond donors (Lipinski definition) is 1. The molecule has 0 heterocycles. The molecule has 6 nitrogen and oxygen atoms in total. The van der Waals surface area contributed by atoms with Crippen LogP contribution in [0, 0.1) is 21.4 Å². The second kappa shape index (κ2) is 7.62. The van der Waals surface area contributed by atoms with E-state index in [0.29, 0.717) is 5.56 Å². The molecule has 1 amide bonds. The molecule has 0 saturated heterocycles. The van der Waals surface area contributed by atoms with Gasteiger partial charge in [0.15, 0.2) is 0 Å². The molecule has 1 atom stereocenters. The van der Waals surface area contributed by atoms with Crippen molar-refractivity contribution in [3.63, 3.8) is 0 Å². The van der Waals surface area contributed by atoms with Crippen LogP contribution in [0.25, 0.3) is 0 Å². The number of benzene rings is 2. The van der Waals surface area contributed by atoms with Crippen LogP contribution in [0.4, 0.5) is 5.69 Å². The van der Waals surface area contributed by atoms with Crippen molar-refractivity contribution in [2.24, 2.45) is 0 Å². The van der Waals surface area contributed by atoms with Crippen LogP contribution in [0.1, 0.15) is 34.5 Å². The van der Waals surface area contributed by atoms with Crippen molar-refractivity contribution in [3.05, 3.63) is 69.3 Å². The standard InChI is InChI=1S/C17H15N3O3S/c1-11(13-5-3-12(10-18)4-6-13)19-17(21)15-9-14(24-2)7-8-16(15)20(22)23/h3-9,11H,1-2H3,(H,19,21). The van der Waals surface area contributed by atoms with Gasteiger partial charge in [-0.1, -0.05) is 12.1 Å². The molecule has 0 aliphatic carbocycles. The summed E-state index contributed by atoms with van der Waals surface area (Å²) in [6.07, 6.45) is 1.84. The Morgan fingerprint density at radius 3 is 2.50 bits per heavy atom. The smallest absolute Gasteiger partial charge is 0.282 e. The van der Waals surface area contributed by atoms with E-state index in [-0.39, 0.29) is 17.3 Å². The van der Waals surface area contributed by atoms with Crippen LogP contribution in [0.3, 0.4) is 0 Å². The molecule has 0 spiro atoms. The highest BCUT2D eigenvalue weighted by molar-refractivity contribution is 7.98. The Balaban J connectivity index is 2.25. The molecule has 0 aliphatic rings. The zero-order valence-electron chi connectivity index (χ0n) is 13.1. The Morgan fingerprint density at radius 2 is 1.96 bits per heavy atom. The van der Waals surface area contributed by atoms with Gasteiger partial charge in [0.25, 0.3) is 11.6 Å². The van der Waals surface area contributed by atoms with E-state index in [2.05, 4.69) is 5.32 Å². The summed E-state index contributed by atoms with van der Waals surface area (Å²) < 4.78 is 0. The summed E-state index contributed by atoms with van der Waals surface area (Å²) in [5.41, 5.74) is 1.15. The van der Waals surface area contributed by atoms with Crippen molar-refractivity contribution in [2.45, 2.75) is 17.9 Å². The monoisotopic (exact) mass is 341 g/mol. The van der Waals surface area contributed by atoms with Gasteiger partial charge in [0.05, 0.1) is 22.6 Å². The lowest BCUT2D eigenvalue weighted by Gasteiger charge is -2.15. The first-order valence-electron chi connectivity index (χ1n) is 7.09. The number of nitro groups is 1. The van der Waals surface area contributed by atoms with Gasteiger partial charge in [-0.2, -0.15) is 5.26 Å². The van der Waals surface area contributed by atoms with Crippen molar-refractivity contribution in [1.29, 1.82) is 5.26 Å². The number of nitriles is 1. The van der Waals surface area contributed by atoms with Crippen molar-refractivity contribution in [2.75, 3.05) is 6.26 Å². The number of thioether (sulfide) groups is 1. The minimum atomic E-state index is -0.564. The maximum Gasteiger partial charge on any atom is 0.282 e. The highest BCUT2D eigenvalue weighted by atomic mass is 32.2. The lowest BCUT2D eigenvalue weighted by Crippen LogP contribution is -2.27. The molecular formula is C17H15N3O3S. The van der Waals surface area contributed by atoms with Gasteiger partial charge in [0.1, 0.15) is 5.56 Å². The van der Waals surface area contributed by atoms with Gasteiger partial charge in [-0.05, 0) is 43.0 Å². The number of nitro benzene ring substituents is 1. The zero-order chi connectivity index (χ0) is 17.7. The van der Waals surface area contributed by atoms with E-state index in [1.807, 2.05) is 12.3 Å². The van der Waals surface area contributed by atoms with E-state index in [4.69, 9.17) is 5.26 Å². The van der Waals surface area contributed by atoms with Crippen LogP contribution in [0.2, 0.25) is 0 Å². The van der Waals surface area contributed by atoms with Crippen LogP contribution in [-0.2, 0) is 0 Å². The van der Waals surface area contributed by atoms with Crippen molar-refractivity contribution in [3.8, 4) is 6.07 Å². The number of carbonyl (C=O) groups is 1. The number of nitrogens with zero attached hydrogens (tertiary/aromatic N) is 2. The first-order chi connectivity index (χ1) is 11.5. The molecular weight excluding hydrogens is 326 g/mol. The van der Waals surface area contributed by atoms with Crippen LogP contribution in [0.5, 0.6) is 0 Å². The second-order valence-electron chi connectivity index (χ2n) is 5.07. The van der Waals surface area contributed by atoms with Gasteiger partial charge in [0.2, 0.25) is 0 Å². The topological polar surface area (TPSA) is 96.0 Å². The molecule has 0 aromatic heterocycles. The van der Waals surface area contributed by atoms with Gasteiger partial charge in [-0.3, -0.25) is 14.9 Å². The van der Waals surface area contributed by atoms with Crippen LogP contribution >= 0.6 is 11.8 Å². The maximum atomic E-state index is 12.5. The minimum Gasteiger partial charge on any atom is -0.345 e. The molecule has 24 heavy (non-hydrogen) atoms. The average Bonchev–Trinajstić information content (AvgIpc) is 2.60. The highest BCUT2D eigenvalue weighted by Gasteiger charge is 2.22. The fraction of sp³-hybridized carbons (Fsp3) is 0.176. The molecule has 0 fully saturated rings. The molecule has 7 heteroatoms. The van der Waals surface area contributed by atoms with Gasteiger partial charge in [-0.25, -0.2) is 0 Å². The van der Waals surface area contributed by atoms with Gasteiger partial charge < -0.3 is 5.32 Å². The van der Waals surface area contributed by atoms with Gasteiger partial charge in [0, 0.05) is 11.0 Å². The Morgan fingerprint density at radius 1 is 1.29 bits per heavy atom. The average molecular weight is 341 g/mol. The first-order valence-corrected chi connectivity index (χ1v) is 8.32. The lowest BCUT2D eigenvalue weighted by atomic mass is 10.1. The molecule has 0 radical (unpaired) electrons. The number of hydrogen-bond acceptors (Lipinski definition) is 5. The molecule has 2 aromatic rings. The second-order valence-corrected chi connectivity index (χ2v) is 5.95. The number of rotatable bonds is 5. The summed E-state index contributed by atoms with van der Waals surface area (Å²) in [4.78, 5) is 23.8. The van der Waals surface area contributed by atoms with E-state index in [9.17, 15) is 14.9 Å². The summed E-state index contributed by atoms with van der Waals surface area (Å²) in [5, 5.41) is 22.7. The Hall–Kier alpha value is -2.85. The molecule has 0 bridgehead atoms. The fourth-order valence-electron chi connectivity index (χ4n) is 2.19. The van der Waals surface area contributed by atoms with E-state index >= 15 is 0 Å². The summed E-state index contributed by atoms with van der Waals surface area (Å²) in [7, 11) is 0. The summed E-state index contributed by atoms with van der Waals surface area (Å²) >= 11 is 1.41. The van der Waals surface area contributed by atoms with Crippen molar-refractivity contribution in [1.82, 2.24) is 5.32 Å². The van der Waals surface area contributed by atoms with Crippen LogP contribution < -0.4 is 5.32 Å². The third-order valence-electron chi connectivity index (χ3n) is 3.53. The maximum absolute atomic E-state index is 12.5. The SMILES string of the molecule is CSc1ccc([N+](=O)[O-])c(C(=O)NC(C)c2ccc(C#N)cc2)c1. The largest absolute Gasteiger partial charge is 0.345 e. The van der Waals surface area contributed by atoms with E-state index < -0.39 is 10.8 Å². The summed E-state index contributed by atoms with van der Waals surface area (Å²) in [6, 6.07) is 13.0. The first kappa shape index (κ1) is 17.5. The minimum absolute atomic E-state index is 0.0346. The molecule has 122 valence electrons. The molecule has 1 unspecified atom stereocenters. The van der Waals surface area contributed by atoms with E-state index in [1.54, 1.807) is 37.3 Å². The molecule has 2 rings (SSSR count). The Bertz CT molecular complexity index is 813. The van der Waals surface area contributed by atoms with E-state index in [1.165, 1.54) is 23.9 Å². The third-order valence-corrected chi connectivity index (χ3v) is 4.26. The predicted octanol–water partition coefficient (Wildman–Crippen LogP) is 3.68. The zero-order valence-corrected chi connectivity index (χ0v) is 14.0. The number of amides is 1. The van der Waals surface area contributed by atoms with Gasteiger partial charge in [-0.15, -0.1) is 11.8 Å². The third kappa shape index (κ3) is 3.91. The summed E-state index contributed by atoms with van der Waals surface area (Å²) in [5.74, 6) is -0.505.